The third-order valence-electron chi connectivity index (χ3n) is 15.8. The highest BCUT2D eigenvalue weighted by atomic mass is 16.8. The lowest BCUT2D eigenvalue weighted by atomic mass is 9.96. The average Bonchev–Trinajstić information content (AvgIpc) is 3.57. The molecule has 0 radical (unpaired) electrons. The van der Waals surface area contributed by atoms with E-state index in [1.807, 2.05) is 6.08 Å². The summed E-state index contributed by atoms with van der Waals surface area (Å²) in [5.41, 5.74) is 0. The van der Waals surface area contributed by atoms with Crippen LogP contribution in [0.15, 0.2) is 60.8 Å². The van der Waals surface area contributed by atoms with Gasteiger partial charge in [0.2, 0.25) is 5.91 Å². The van der Waals surface area contributed by atoms with E-state index in [-0.39, 0.29) is 18.9 Å². The maximum Gasteiger partial charge on any atom is 0.220 e. The number of aliphatic hydroxyl groups is 11. The Morgan fingerprint density at radius 3 is 1.30 bits per heavy atom. The fraction of sp³-hybridized carbons (Fsp3) is 0.828. The Morgan fingerprint density at radius 2 is 0.831 bits per heavy atom. The van der Waals surface area contributed by atoms with Crippen molar-refractivity contribution in [3.63, 3.8) is 0 Å². The Kier molecular flexibility index (Phi) is 42.0. The first kappa shape index (κ1) is 74.7. The molecule has 3 saturated heterocycles. The van der Waals surface area contributed by atoms with Crippen LogP contribution in [0.25, 0.3) is 0 Å². The molecule has 0 aromatic heterocycles. The molecule has 482 valence electrons. The molecule has 19 heteroatoms. The standard InChI is InChI=1S/C64H113NO18/c1-3-5-7-9-11-13-15-17-18-19-20-21-22-23-24-25-26-27-28-30-32-34-36-38-40-42-52(70)65-47(48(69)41-39-37-35-33-31-29-16-14-12-10-8-6-4-2)46-78-62-58(76)55(73)60(50(44-67)80-62)83-64-59(77)56(74)61(51(45-68)81-64)82-63-57(75)54(72)53(71)49(43-66)79-63/h5,7,11,13,17-18,20-21,39,41,47-51,53-64,66-69,71-77H,3-4,6,8-10,12,14-16,19,22-38,40,42-46H2,1-2H3,(H,65,70)/b7-5-,13-11-,18-17-,21-20-,41-39+. The number of ether oxygens (including phenoxy) is 6. The minimum Gasteiger partial charge on any atom is -0.394 e. The van der Waals surface area contributed by atoms with Gasteiger partial charge in [-0.25, -0.2) is 0 Å². The van der Waals surface area contributed by atoms with Crippen LogP contribution in [-0.2, 0) is 33.2 Å². The molecule has 3 heterocycles. The zero-order valence-electron chi connectivity index (χ0n) is 50.4. The molecule has 19 nitrogen and oxygen atoms in total. The van der Waals surface area contributed by atoms with E-state index in [2.05, 4.69) is 67.8 Å². The zero-order chi connectivity index (χ0) is 60.5. The Hall–Kier alpha value is -2.51. The molecule has 3 aliphatic heterocycles. The summed E-state index contributed by atoms with van der Waals surface area (Å²) in [5.74, 6) is -0.281. The van der Waals surface area contributed by atoms with Crippen LogP contribution in [0.2, 0.25) is 0 Å². The Balaban J connectivity index is 1.44. The number of carbonyl (C=O) groups excluding carboxylic acids is 1. The van der Waals surface area contributed by atoms with E-state index in [1.165, 1.54) is 103 Å². The summed E-state index contributed by atoms with van der Waals surface area (Å²) < 4.78 is 34.3. The number of rotatable bonds is 47. The first-order chi connectivity index (χ1) is 40.3. The number of hydrogen-bond acceptors (Lipinski definition) is 18. The van der Waals surface area contributed by atoms with Gasteiger partial charge in [0.15, 0.2) is 18.9 Å². The lowest BCUT2D eigenvalue weighted by Crippen LogP contribution is -2.66. The highest BCUT2D eigenvalue weighted by Crippen LogP contribution is 2.33. The summed E-state index contributed by atoms with van der Waals surface area (Å²) in [4.78, 5) is 13.4. The molecule has 0 aromatic rings. The highest BCUT2D eigenvalue weighted by Gasteiger charge is 2.53. The van der Waals surface area contributed by atoms with E-state index in [0.717, 1.165) is 77.0 Å². The molecule has 0 spiro atoms. The van der Waals surface area contributed by atoms with Gasteiger partial charge in [0.05, 0.1) is 38.6 Å². The second-order valence-electron chi connectivity index (χ2n) is 22.8. The summed E-state index contributed by atoms with van der Waals surface area (Å²) in [6, 6.07) is -0.975. The van der Waals surface area contributed by atoms with Gasteiger partial charge in [-0.05, 0) is 57.8 Å². The van der Waals surface area contributed by atoms with Gasteiger partial charge in [0.1, 0.15) is 73.2 Å². The van der Waals surface area contributed by atoms with Crippen molar-refractivity contribution < 1.29 is 89.4 Å². The van der Waals surface area contributed by atoms with Crippen LogP contribution in [0.4, 0.5) is 0 Å². The minimum atomic E-state index is -1.98. The molecule has 1 amide bonds. The first-order valence-electron chi connectivity index (χ1n) is 32.0. The smallest absolute Gasteiger partial charge is 0.220 e. The fourth-order valence-electron chi connectivity index (χ4n) is 10.6. The van der Waals surface area contributed by atoms with E-state index in [0.29, 0.717) is 6.42 Å². The Morgan fingerprint density at radius 1 is 0.446 bits per heavy atom. The van der Waals surface area contributed by atoms with Crippen molar-refractivity contribution in [3.05, 3.63) is 60.8 Å². The number of hydrogen-bond donors (Lipinski definition) is 12. The summed E-state index contributed by atoms with van der Waals surface area (Å²) in [5, 5.41) is 120. The van der Waals surface area contributed by atoms with Gasteiger partial charge in [-0.1, -0.05) is 203 Å². The third-order valence-corrected chi connectivity index (χ3v) is 15.8. The topological polar surface area (TPSA) is 307 Å². The van der Waals surface area contributed by atoms with Gasteiger partial charge >= 0.3 is 0 Å². The largest absolute Gasteiger partial charge is 0.394 e. The zero-order valence-corrected chi connectivity index (χ0v) is 50.4. The van der Waals surface area contributed by atoms with Crippen LogP contribution in [0.5, 0.6) is 0 Å². The van der Waals surface area contributed by atoms with Crippen LogP contribution in [0.1, 0.15) is 206 Å². The maximum absolute atomic E-state index is 13.4. The van der Waals surface area contributed by atoms with Crippen LogP contribution in [-0.4, -0.2) is 193 Å². The van der Waals surface area contributed by atoms with E-state index >= 15 is 0 Å². The van der Waals surface area contributed by atoms with Gasteiger partial charge in [-0.2, -0.15) is 0 Å². The number of unbranched alkanes of at least 4 members (excludes halogenated alkanes) is 23. The van der Waals surface area contributed by atoms with Crippen molar-refractivity contribution in [2.75, 3.05) is 26.4 Å². The van der Waals surface area contributed by atoms with Crippen LogP contribution < -0.4 is 5.32 Å². The number of nitrogens with one attached hydrogen (secondary N) is 1. The molecule has 3 rings (SSSR count). The van der Waals surface area contributed by atoms with E-state index < -0.39 is 124 Å². The summed E-state index contributed by atoms with van der Waals surface area (Å²) in [6.07, 6.45) is 27.7. The van der Waals surface area contributed by atoms with Crippen molar-refractivity contribution in [1.82, 2.24) is 5.32 Å². The van der Waals surface area contributed by atoms with E-state index in [4.69, 9.17) is 28.4 Å². The average molecular weight is 1180 g/mol. The molecule has 12 N–H and O–H groups in total. The van der Waals surface area contributed by atoms with Gasteiger partial charge in [0.25, 0.3) is 0 Å². The van der Waals surface area contributed by atoms with E-state index in [1.54, 1.807) is 6.08 Å². The molecule has 17 unspecified atom stereocenters. The van der Waals surface area contributed by atoms with Gasteiger partial charge in [-0.15, -0.1) is 0 Å². The van der Waals surface area contributed by atoms with Crippen LogP contribution in [0, 0.1) is 0 Å². The molecule has 83 heavy (non-hydrogen) atoms. The number of allylic oxidation sites excluding steroid dienone is 9. The third kappa shape index (κ3) is 29.8. The molecule has 17 atom stereocenters. The Labute approximate surface area is 496 Å². The molecule has 0 bridgehead atoms. The van der Waals surface area contributed by atoms with Gasteiger partial charge in [-0.3, -0.25) is 4.79 Å². The number of amides is 1. The molecule has 3 fully saturated rings. The molecular formula is C64H113NO18. The number of carbonyl (C=O) groups is 1. The predicted molar refractivity (Wildman–Crippen MR) is 318 cm³/mol. The fourth-order valence-corrected chi connectivity index (χ4v) is 10.6. The van der Waals surface area contributed by atoms with Crippen molar-refractivity contribution in [1.29, 1.82) is 0 Å². The Bertz CT molecular complexity index is 1750. The van der Waals surface area contributed by atoms with E-state index in [9.17, 15) is 61.0 Å². The summed E-state index contributed by atoms with van der Waals surface area (Å²) >= 11 is 0. The molecule has 3 aliphatic rings. The molecule has 0 saturated carbocycles. The minimum absolute atomic E-state index is 0.238. The number of aliphatic hydroxyl groups excluding tert-OH is 11. The lowest BCUT2D eigenvalue weighted by molar-refractivity contribution is -0.379. The predicted octanol–water partition coefficient (Wildman–Crippen LogP) is 6.82. The summed E-state index contributed by atoms with van der Waals surface area (Å²) in [6.45, 7) is 1.60. The monoisotopic (exact) mass is 1180 g/mol. The quantitative estimate of drug-likeness (QED) is 0.0220. The molecule has 0 aliphatic carbocycles. The first-order valence-corrected chi connectivity index (χ1v) is 32.0. The van der Waals surface area contributed by atoms with Crippen LogP contribution in [0.3, 0.4) is 0 Å². The second-order valence-corrected chi connectivity index (χ2v) is 22.8. The maximum atomic E-state index is 13.4. The van der Waals surface area contributed by atoms with Gasteiger partial charge < -0.3 is 89.9 Å². The second kappa shape index (κ2) is 46.6. The van der Waals surface area contributed by atoms with Crippen molar-refractivity contribution in [2.45, 2.75) is 311 Å². The SMILES string of the molecule is CC/C=C\C/C=C\C/C=C\C/C=C\CCCCCCCCCCCCCCC(=O)NC(COC1OC(CO)C(OC2OC(CO)C(OC3OC(CO)C(O)C(O)C3O)C(O)C2O)C(O)C1O)C(O)/C=C/CCCCCCCCCCCCC. The van der Waals surface area contributed by atoms with Gasteiger partial charge in [0, 0.05) is 6.42 Å². The highest BCUT2D eigenvalue weighted by molar-refractivity contribution is 5.76. The molecule has 0 aromatic carbocycles. The van der Waals surface area contributed by atoms with Crippen molar-refractivity contribution >= 4 is 5.91 Å². The van der Waals surface area contributed by atoms with Crippen molar-refractivity contribution in [3.8, 4) is 0 Å². The van der Waals surface area contributed by atoms with Crippen molar-refractivity contribution in [2.24, 2.45) is 0 Å². The lowest BCUT2D eigenvalue weighted by Gasteiger charge is -2.48. The normalized spacial score (nSPS) is 29.8. The molecular weight excluding hydrogens is 1070 g/mol. The van der Waals surface area contributed by atoms with Crippen LogP contribution >= 0.6 is 0 Å². The summed E-state index contributed by atoms with van der Waals surface area (Å²) in [7, 11) is 0.